The van der Waals surface area contributed by atoms with Crippen molar-refractivity contribution in [2.24, 2.45) is 0 Å². The third kappa shape index (κ3) is 29.4. The molecule has 0 amide bonds. The van der Waals surface area contributed by atoms with E-state index in [2.05, 4.69) is 30.5 Å². The minimum atomic E-state index is -4.60. The molecule has 0 saturated carbocycles. The molecule has 1 unspecified atom stereocenters. The van der Waals surface area contributed by atoms with Gasteiger partial charge in [-0.25, -0.2) is 4.57 Å². The number of rotatable bonds is 32. The van der Waals surface area contributed by atoms with Crippen molar-refractivity contribution in [3.8, 4) is 0 Å². The SMILES string of the molecule is CCCCCC/C=C/CCCCCCCC(=O)O[C@H](COC(=O)CCCCCCCCCC)COP(=O)(O)OC[C@@H](O)CO. The van der Waals surface area contributed by atoms with Gasteiger partial charge in [0.1, 0.15) is 12.7 Å². The number of unbranched alkanes of at least 4 members (excludes halogenated alkanes) is 16. The molecule has 0 saturated heterocycles. The van der Waals surface area contributed by atoms with E-state index in [1.807, 2.05) is 0 Å². The van der Waals surface area contributed by atoms with E-state index in [4.69, 9.17) is 19.1 Å². The maximum Gasteiger partial charge on any atom is 0.472 e. The summed E-state index contributed by atoms with van der Waals surface area (Å²) in [5, 5.41) is 18.2. The molecule has 0 heterocycles. The number of allylic oxidation sites excluding steroid dienone is 2. The molecule has 0 aliphatic rings. The van der Waals surface area contributed by atoms with Crippen LogP contribution in [0.2, 0.25) is 0 Å². The molecule has 0 aromatic carbocycles. The van der Waals surface area contributed by atoms with Crippen LogP contribution in [-0.2, 0) is 32.7 Å². The van der Waals surface area contributed by atoms with E-state index in [1.54, 1.807) is 0 Å². The van der Waals surface area contributed by atoms with E-state index in [0.717, 1.165) is 57.8 Å². The second-order valence-electron chi connectivity index (χ2n) is 11.5. The largest absolute Gasteiger partial charge is 0.472 e. The van der Waals surface area contributed by atoms with Gasteiger partial charge in [0.05, 0.1) is 19.8 Å². The van der Waals surface area contributed by atoms with E-state index in [-0.39, 0.29) is 19.4 Å². The summed E-state index contributed by atoms with van der Waals surface area (Å²) < 4.78 is 32.4. The van der Waals surface area contributed by atoms with Gasteiger partial charge in [-0.3, -0.25) is 18.6 Å². The van der Waals surface area contributed by atoms with Crippen LogP contribution in [0.1, 0.15) is 149 Å². The number of aliphatic hydroxyl groups excluding tert-OH is 2. The van der Waals surface area contributed by atoms with Crippen LogP contribution in [0.4, 0.5) is 0 Å². The Balaban J connectivity index is 4.43. The van der Waals surface area contributed by atoms with Gasteiger partial charge < -0.3 is 24.6 Å². The molecular formula is C33H63O10P. The van der Waals surface area contributed by atoms with E-state index in [0.29, 0.717) is 12.8 Å². The van der Waals surface area contributed by atoms with Crippen LogP contribution in [-0.4, -0.2) is 65.7 Å². The Morgan fingerprint density at radius 1 is 0.659 bits per heavy atom. The number of aliphatic hydroxyl groups is 2. The van der Waals surface area contributed by atoms with Crippen molar-refractivity contribution in [3.63, 3.8) is 0 Å². The van der Waals surface area contributed by atoms with Crippen molar-refractivity contribution in [2.75, 3.05) is 26.4 Å². The first kappa shape index (κ1) is 42.7. The Hall–Kier alpha value is -1.29. The maximum absolute atomic E-state index is 12.5. The van der Waals surface area contributed by atoms with E-state index >= 15 is 0 Å². The summed E-state index contributed by atoms with van der Waals surface area (Å²) in [6, 6.07) is 0. The molecule has 260 valence electrons. The van der Waals surface area contributed by atoms with Gasteiger partial charge in [-0.05, 0) is 38.5 Å². The molecule has 0 aromatic heterocycles. The predicted octanol–water partition coefficient (Wildman–Crippen LogP) is 7.72. The van der Waals surface area contributed by atoms with Gasteiger partial charge >= 0.3 is 19.8 Å². The van der Waals surface area contributed by atoms with Gasteiger partial charge in [0.25, 0.3) is 0 Å². The van der Waals surface area contributed by atoms with Gasteiger partial charge in [-0.1, -0.05) is 109 Å². The predicted molar refractivity (Wildman–Crippen MR) is 173 cm³/mol. The summed E-state index contributed by atoms with van der Waals surface area (Å²) in [6.07, 6.45) is 23.4. The molecule has 0 fully saturated rings. The number of phosphoric acid groups is 1. The number of carbonyl (C=O) groups is 2. The highest BCUT2D eigenvalue weighted by Gasteiger charge is 2.27. The fourth-order valence-electron chi connectivity index (χ4n) is 4.46. The minimum Gasteiger partial charge on any atom is -0.462 e. The van der Waals surface area contributed by atoms with Crippen LogP contribution in [0.5, 0.6) is 0 Å². The highest BCUT2D eigenvalue weighted by atomic mass is 31.2. The lowest BCUT2D eigenvalue weighted by molar-refractivity contribution is -0.161. The number of phosphoric ester groups is 1. The van der Waals surface area contributed by atoms with Crippen LogP contribution in [0.15, 0.2) is 12.2 Å². The smallest absolute Gasteiger partial charge is 0.462 e. The van der Waals surface area contributed by atoms with Gasteiger partial charge in [0.2, 0.25) is 0 Å². The normalized spacial score (nSPS) is 14.4. The third-order valence-electron chi connectivity index (χ3n) is 7.17. The number of carbonyl (C=O) groups excluding carboxylic acids is 2. The van der Waals surface area contributed by atoms with Crippen molar-refractivity contribution in [1.29, 1.82) is 0 Å². The molecule has 3 N–H and O–H groups in total. The van der Waals surface area contributed by atoms with Crippen LogP contribution in [0.3, 0.4) is 0 Å². The fraction of sp³-hybridized carbons (Fsp3) is 0.879. The lowest BCUT2D eigenvalue weighted by Gasteiger charge is -2.20. The summed E-state index contributed by atoms with van der Waals surface area (Å²) in [5.74, 6) is -0.939. The van der Waals surface area contributed by atoms with Crippen LogP contribution >= 0.6 is 7.82 Å². The molecule has 0 bridgehead atoms. The van der Waals surface area contributed by atoms with Crippen LogP contribution in [0, 0.1) is 0 Å². The van der Waals surface area contributed by atoms with Gasteiger partial charge in [0.15, 0.2) is 6.10 Å². The lowest BCUT2D eigenvalue weighted by Crippen LogP contribution is -2.29. The standard InChI is InChI=1S/C33H63O10P/c1-3-5-7-9-11-13-14-15-16-17-19-21-23-25-33(37)43-31(29-42-44(38,39)41-27-30(35)26-34)28-40-32(36)24-22-20-18-12-10-8-6-4-2/h13-14,30-31,34-35H,3-12,15-29H2,1-2H3,(H,38,39)/b14-13+/t30-,31+/m0/s1. The molecule has 0 aromatic rings. The molecule has 3 atom stereocenters. The average molecular weight is 651 g/mol. The van der Waals surface area contributed by atoms with Crippen molar-refractivity contribution >= 4 is 19.8 Å². The molecule has 44 heavy (non-hydrogen) atoms. The fourth-order valence-corrected chi connectivity index (χ4v) is 5.25. The maximum atomic E-state index is 12.5. The summed E-state index contributed by atoms with van der Waals surface area (Å²) in [6.45, 7) is 2.29. The monoisotopic (exact) mass is 650 g/mol. The van der Waals surface area contributed by atoms with Crippen molar-refractivity contribution < 1.29 is 47.8 Å². The zero-order chi connectivity index (χ0) is 32.7. The van der Waals surface area contributed by atoms with Crippen molar-refractivity contribution in [3.05, 3.63) is 12.2 Å². The molecule has 10 nitrogen and oxygen atoms in total. The molecule has 11 heteroatoms. The van der Waals surface area contributed by atoms with Crippen molar-refractivity contribution in [2.45, 2.75) is 161 Å². The summed E-state index contributed by atoms with van der Waals surface area (Å²) >= 11 is 0. The van der Waals surface area contributed by atoms with Crippen LogP contribution < -0.4 is 0 Å². The summed E-state index contributed by atoms with van der Waals surface area (Å²) in [5.41, 5.74) is 0. The Bertz CT molecular complexity index is 761. The lowest BCUT2D eigenvalue weighted by atomic mass is 10.1. The quantitative estimate of drug-likeness (QED) is 0.0286. The topological polar surface area (TPSA) is 149 Å². The van der Waals surface area contributed by atoms with E-state index in [9.17, 15) is 24.2 Å². The number of hydrogen-bond acceptors (Lipinski definition) is 9. The van der Waals surface area contributed by atoms with E-state index in [1.165, 1.54) is 51.4 Å². The average Bonchev–Trinajstić information content (AvgIpc) is 3.00. The number of hydrogen-bond donors (Lipinski definition) is 3. The molecule has 0 spiro atoms. The second kappa shape index (κ2) is 30.4. The van der Waals surface area contributed by atoms with E-state index < -0.39 is 51.8 Å². The Labute approximate surface area is 266 Å². The Morgan fingerprint density at radius 2 is 1.11 bits per heavy atom. The number of ether oxygens (including phenoxy) is 2. The van der Waals surface area contributed by atoms with Gasteiger partial charge in [0, 0.05) is 12.8 Å². The first-order valence-corrected chi connectivity index (χ1v) is 18.6. The molecule has 0 radical (unpaired) electrons. The molecular weight excluding hydrogens is 587 g/mol. The highest BCUT2D eigenvalue weighted by Crippen LogP contribution is 2.43. The van der Waals surface area contributed by atoms with Gasteiger partial charge in [-0.2, -0.15) is 0 Å². The zero-order valence-electron chi connectivity index (χ0n) is 27.6. The zero-order valence-corrected chi connectivity index (χ0v) is 28.5. The first-order valence-electron chi connectivity index (χ1n) is 17.1. The Kier molecular flexibility index (Phi) is 29.5. The second-order valence-corrected chi connectivity index (χ2v) is 13.0. The summed E-state index contributed by atoms with van der Waals surface area (Å²) in [7, 11) is -4.60. The highest BCUT2D eigenvalue weighted by molar-refractivity contribution is 7.47. The van der Waals surface area contributed by atoms with Gasteiger partial charge in [-0.15, -0.1) is 0 Å². The summed E-state index contributed by atoms with van der Waals surface area (Å²) in [4.78, 5) is 34.6. The minimum absolute atomic E-state index is 0.177. The van der Waals surface area contributed by atoms with Crippen LogP contribution in [0.25, 0.3) is 0 Å². The number of esters is 2. The first-order chi connectivity index (χ1) is 21.2. The molecule has 0 rings (SSSR count). The third-order valence-corrected chi connectivity index (χ3v) is 8.12. The molecule has 0 aliphatic heterocycles. The van der Waals surface area contributed by atoms with Crippen molar-refractivity contribution in [1.82, 2.24) is 0 Å². The molecule has 0 aliphatic carbocycles. The Morgan fingerprint density at radius 3 is 1.66 bits per heavy atom.